The maximum Gasteiger partial charge on any atom is 0.220 e. The van der Waals surface area contributed by atoms with Crippen LogP contribution in [0.4, 0.5) is 0 Å². The first-order chi connectivity index (χ1) is 9.22. The van der Waals surface area contributed by atoms with Crippen LogP contribution in [0.1, 0.15) is 37.9 Å². The number of fused-ring (bicyclic) bond motifs is 1. The Labute approximate surface area is 115 Å². The van der Waals surface area contributed by atoms with Crippen molar-refractivity contribution in [2.45, 2.75) is 45.6 Å². The van der Waals surface area contributed by atoms with Gasteiger partial charge in [-0.1, -0.05) is 0 Å². The van der Waals surface area contributed by atoms with Crippen LogP contribution in [-0.4, -0.2) is 40.6 Å². The molecule has 104 valence electrons. The number of aromatic nitrogens is 2. The molecule has 0 spiro atoms. The molecule has 4 nitrogen and oxygen atoms in total. The molecule has 1 saturated carbocycles. The SMILES string of the molecule is CC(C)Oc1ncnc2c1CCN(CC1CC1)CC2. The van der Waals surface area contributed by atoms with Crippen LogP contribution in [0.15, 0.2) is 6.33 Å². The molecule has 0 radical (unpaired) electrons. The summed E-state index contributed by atoms with van der Waals surface area (Å²) >= 11 is 0. The van der Waals surface area contributed by atoms with Gasteiger partial charge in [-0.05, 0) is 39.0 Å². The third-order valence-electron chi connectivity index (χ3n) is 3.90. The van der Waals surface area contributed by atoms with Gasteiger partial charge in [-0.25, -0.2) is 9.97 Å². The quantitative estimate of drug-likeness (QED) is 0.831. The second-order valence-electron chi connectivity index (χ2n) is 6.01. The molecule has 0 N–H and O–H groups in total. The molecule has 1 aliphatic carbocycles. The molecular formula is C15H23N3O. The van der Waals surface area contributed by atoms with Crippen LogP contribution in [0, 0.1) is 5.92 Å². The van der Waals surface area contributed by atoms with E-state index in [1.165, 1.54) is 30.6 Å². The monoisotopic (exact) mass is 261 g/mol. The Bertz CT molecular complexity index is 443. The summed E-state index contributed by atoms with van der Waals surface area (Å²) < 4.78 is 5.83. The van der Waals surface area contributed by atoms with Gasteiger partial charge in [-0.15, -0.1) is 0 Å². The van der Waals surface area contributed by atoms with Gasteiger partial charge >= 0.3 is 0 Å². The maximum atomic E-state index is 5.83. The third-order valence-corrected chi connectivity index (χ3v) is 3.90. The van der Waals surface area contributed by atoms with Crippen molar-refractivity contribution in [3.8, 4) is 5.88 Å². The van der Waals surface area contributed by atoms with Crippen molar-refractivity contribution < 1.29 is 4.74 Å². The summed E-state index contributed by atoms with van der Waals surface area (Å²) in [6, 6.07) is 0. The van der Waals surface area contributed by atoms with Gasteiger partial charge in [0.25, 0.3) is 0 Å². The summed E-state index contributed by atoms with van der Waals surface area (Å²) in [7, 11) is 0. The van der Waals surface area contributed by atoms with E-state index in [0.717, 1.165) is 37.7 Å². The molecule has 0 aromatic carbocycles. The van der Waals surface area contributed by atoms with E-state index in [2.05, 4.69) is 14.9 Å². The minimum Gasteiger partial charge on any atom is -0.475 e. The molecule has 0 unspecified atom stereocenters. The fraction of sp³-hybridized carbons (Fsp3) is 0.733. The van der Waals surface area contributed by atoms with Crippen molar-refractivity contribution in [1.82, 2.24) is 14.9 Å². The molecule has 2 heterocycles. The molecule has 0 amide bonds. The zero-order valence-electron chi connectivity index (χ0n) is 11.9. The summed E-state index contributed by atoms with van der Waals surface area (Å²) in [5.74, 6) is 1.76. The molecule has 3 rings (SSSR count). The number of hydrogen-bond donors (Lipinski definition) is 0. The van der Waals surface area contributed by atoms with E-state index in [0.29, 0.717) is 0 Å². The van der Waals surface area contributed by atoms with Crippen LogP contribution < -0.4 is 4.74 Å². The number of ether oxygens (including phenoxy) is 1. The minimum absolute atomic E-state index is 0.171. The predicted octanol–water partition coefficient (Wildman–Crippen LogP) is 2.07. The standard InChI is InChI=1S/C15H23N3O/c1-11(2)19-15-13-5-7-18(9-12-3-4-12)8-6-14(13)16-10-17-15/h10-12H,3-9H2,1-2H3. The van der Waals surface area contributed by atoms with Crippen molar-refractivity contribution in [3.05, 3.63) is 17.6 Å². The molecule has 1 aliphatic heterocycles. The summed E-state index contributed by atoms with van der Waals surface area (Å²) in [6.45, 7) is 7.60. The van der Waals surface area contributed by atoms with Gasteiger partial charge in [0.15, 0.2) is 0 Å². The van der Waals surface area contributed by atoms with Gasteiger partial charge < -0.3 is 9.64 Å². The summed E-state index contributed by atoms with van der Waals surface area (Å²) in [4.78, 5) is 11.4. The van der Waals surface area contributed by atoms with E-state index < -0.39 is 0 Å². The highest BCUT2D eigenvalue weighted by Gasteiger charge is 2.26. The summed E-state index contributed by atoms with van der Waals surface area (Å²) in [5, 5.41) is 0. The lowest BCUT2D eigenvalue weighted by atomic mass is 10.1. The van der Waals surface area contributed by atoms with E-state index in [-0.39, 0.29) is 6.10 Å². The van der Waals surface area contributed by atoms with E-state index in [1.54, 1.807) is 6.33 Å². The molecule has 1 fully saturated rings. The molecule has 0 atom stereocenters. The van der Waals surface area contributed by atoms with Crippen LogP contribution in [0.25, 0.3) is 0 Å². The van der Waals surface area contributed by atoms with E-state index >= 15 is 0 Å². The molecule has 2 aliphatic rings. The molecule has 4 heteroatoms. The summed E-state index contributed by atoms with van der Waals surface area (Å²) in [5.41, 5.74) is 2.42. The maximum absolute atomic E-state index is 5.83. The van der Waals surface area contributed by atoms with E-state index in [1.807, 2.05) is 13.8 Å². The highest BCUT2D eigenvalue weighted by atomic mass is 16.5. The van der Waals surface area contributed by atoms with Gasteiger partial charge in [0.05, 0.1) is 11.8 Å². The highest BCUT2D eigenvalue weighted by molar-refractivity contribution is 5.31. The van der Waals surface area contributed by atoms with Gasteiger partial charge in [-0.2, -0.15) is 0 Å². The normalized spacial score (nSPS) is 20.2. The van der Waals surface area contributed by atoms with Crippen LogP contribution in [0.5, 0.6) is 5.88 Å². The van der Waals surface area contributed by atoms with Gasteiger partial charge in [0, 0.05) is 31.6 Å². The average molecular weight is 261 g/mol. The highest BCUT2D eigenvalue weighted by Crippen LogP contribution is 2.31. The lowest BCUT2D eigenvalue weighted by Gasteiger charge is -2.18. The molecule has 1 aromatic heterocycles. The van der Waals surface area contributed by atoms with Crippen molar-refractivity contribution in [2.24, 2.45) is 5.92 Å². The van der Waals surface area contributed by atoms with Crippen LogP contribution in [-0.2, 0) is 12.8 Å². The number of rotatable bonds is 4. The van der Waals surface area contributed by atoms with Crippen molar-refractivity contribution >= 4 is 0 Å². The second-order valence-corrected chi connectivity index (χ2v) is 6.01. The van der Waals surface area contributed by atoms with Crippen molar-refractivity contribution in [1.29, 1.82) is 0 Å². The molecule has 1 aromatic rings. The predicted molar refractivity (Wildman–Crippen MR) is 74.4 cm³/mol. The van der Waals surface area contributed by atoms with Crippen molar-refractivity contribution in [3.63, 3.8) is 0 Å². The Kier molecular flexibility index (Phi) is 3.69. The van der Waals surface area contributed by atoms with Gasteiger partial charge in [0.1, 0.15) is 6.33 Å². The summed E-state index contributed by atoms with van der Waals surface area (Å²) in [6.07, 6.45) is 6.71. The first-order valence-corrected chi connectivity index (χ1v) is 7.44. The van der Waals surface area contributed by atoms with Gasteiger partial charge in [-0.3, -0.25) is 0 Å². The first kappa shape index (κ1) is 12.9. The Morgan fingerprint density at radius 3 is 2.79 bits per heavy atom. The van der Waals surface area contributed by atoms with E-state index in [4.69, 9.17) is 4.74 Å². The Hall–Kier alpha value is -1.16. The molecule has 19 heavy (non-hydrogen) atoms. The smallest absolute Gasteiger partial charge is 0.220 e. The fourth-order valence-corrected chi connectivity index (χ4v) is 2.72. The lowest BCUT2D eigenvalue weighted by Crippen LogP contribution is -2.28. The lowest BCUT2D eigenvalue weighted by molar-refractivity contribution is 0.228. The Morgan fingerprint density at radius 2 is 2.05 bits per heavy atom. The average Bonchev–Trinajstić information content (AvgIpc) is 3.18. The Balaban J connectivity index is 1.73. The Morgan fingerprint density at radius 1 is 1.26 bits per heavy atom. The largest absolute Gasteiger partial charge is 0.475 e. The van der Waals surface area contributed by atoms with Crippen LogP contribution in [0.3, 0.4) is 0 Å². The van der Waals surface area contributed by atoms with Crippen LogP contribution in [0.2, 0.25) is 0 Å². The molecular weight excluding hydrogens is 238 g/mol. The molecule has 0 saturated heterocycles. The second kappa shape index (κ2) is 5.45. The molecule has 0 bridgehead atoms. The van der Waals surface area contributed by atoms with Gasteiger partial charge in [0.2, 0.25) is 5.88 Å². The zero-order valence-corrected chi connectivity index (χ0v) is 11.9. The number of nitrogens with zero attached hydrogens (tertiary/aromatic N) is 3. The zero-order chi connectivity index (χ0) is 13.2. The number of hydrogen-bond acceptors (Lipinski definition) is 4. The van der Waals surface area contributed by atoms with E-state index in [9.17, 15) is 0 Å². The van der Waals surface area contributed by atoms with Crippen LogP contribution >= 0.6 is 0 Å². The minimum atomic E-state index is 0.171. The fourth-order valence-electron chi connectivity index (χ4n) is 2.72. The topological polar surface area (TPSA) is 38.3 Å². The first-order valence-electron chi connectivity index (χ1n) is 7.44. The van der Waals surface area contributed by atoms with Crippen molar-refractivity contribution in [2.75, 3.05) is 19.6 Å². The third kappa shape index (κ3) is 3.24.